The fraction of sp³-hybridized carbons (Fsp3) is 0.417. The van der Waals surface area contributed by atoms with Crippen LogP contribution in [0.1, 0.15) is 44.7 Å². The van der Waals surface area contributed by atoms with E-state index < -0.39 is 6.04 Å². The lowest BCUT2D eigenvalue weighted by atomic mass is 10.1. The van der Waals surface area contributed by atoms with E-state index in [2.05, 4.69) is 28.2 Å². The second-order valence-corrected chi connectivity index (χ2v) is 8.23. The summed E-state index contributed by atoms with van der Waals surface area (Å²) in [6.45, 7) is 6.33. The molecule has 2 aromatic rings. The Kier molecular flexibility index (Phi) is 9.98. The Hall–Kier alpha value is -2.41. The molecule has 0 aliphatic rings. The Bertz CT molecular complexity index is 874. The summed E-state index contributed by atoms with van der Waals surface area (Å²) in [7, 11) is 0. The van der Waals surface area contributed by atoms with Crippen molar-refractivity contribution in [3.05, 3.63) is 63.9 Å². The first-order valence-corrected chi connectivity index (χ1v) is 11.4. The zero-order valence-electron chi connectivity index (χ0n) is 18.3. The predicted octanol–water partition coefficient (Wildman–Crippen LogP) is 4.86. The molecule has 0 saturated heterocycles. The molecule has 5 nitrogen and oxygen atoms in total. The van der Waals surface area contributed by atoms with E-state index in [1.165, 1.54) is 17.0 Å². The summed E-state index contributed by atoms with van der Waals surface area (Å²) in [5.74, 6) is -0.339. The Morgan fingerprint density at radius 2 is 1.81 bits per heavy atom. The van der Waals surface area contributed by atoms with Gasteiger partial charge < -0.3 is 15.0 Å². The summed E-state index contributed by atoms with van der Waals surface area (Å²) in [6.07, 6.45) is 2.73. The molecule has 2 amide bonds. The van der Waals surface area contributed by atoms with Crippen LogP contribution in [0.3, 0.4) is 0 Å². The molecule has 0 bridgehead atoms. The Morgan fingerprint density at radius 3 is 2.42 bits per heavy atom. The predicted molar refractivity (Wildman–Crippen MR) is 123 cm³/mol. The van der Waals surface area contributed by atoms with Crippen LogP contribution in [0.2, 0.25) is 0 Å². The van der Waals surface area contributed by atoms with Crippen LogP contribution in [0.25, 0.3) is 0 Å². The van der Waals surface area contributed by atoms with Gasteiger partial charge in [0, 0.05) is 13.1 Å². The van der Waals surface area contributed by atoms with Crippen molar-refractivity contribution < 1.29 is 18.7 Å². The third-order valence-corrected chi connectivity index (χ3v) is 5.64. The van der Waals surface area contributed by atoms with Crippen LogP contribution in [-0.2, 0) is 22.6 Å². The normalized spacial score (nSPS) is 11.6. The van der Waals surface area contributed by atoms with Crippen LogP contribution < -0.4 is 10.1 Å². The smallest absolute Gasteiger partial charge is 0.261 e. The highest BCUT2D eigenvalue weighted by Crippen LogP contribution is 2.26. The van der Waals surface area contributed by atoms with Gasteiger partial charge >= 0.3 is 0 Å². The van der Waals surface area contributed by atoms with Crippen molar-refractivity contribution >= 4 is 27.7 Å². The summed E-state index contributed by atoms with van der Waals surface area (Å²) < 4.78 is 19.8. The molecule has 0 saturated carbocycles. The molecule has 0 aromatic heterocycles. The second kappa shape index (κ2) is 12.4. The first-order chi connectivity index (χ1) is 14.8. The number of aryl methyl sites for hydroxylation is 1. The third-order valence-electron chi connectivity index (χ3n) is 5.02. The molecule has 1 N–H and O–H groups in total. The molecule has 1 atom stereocenters. The van der Waals surface area contributed by atoms with E-state index in [9.17, 15) is 14.0 Å². The standard InChI is InChI=1S/C24H30BrFN2O3/c1-4-6-13-27-24(30)17(3)28(15-19-7-10-20(26)11-8-19)23(29)16-31-22-12-9-18(5-2)14-21(22)25/h7-12,14,17H,4-6,13,15-16H2,1-3H3,(H,27,30). The van der Waals surface area contributed by atoms with Gasteiger partial charge in [-0.2, -0.15) is 0 Å². The van der Waals surface area contributed by atoms with Gasteiger partial charge in [0.25, 0.3) is 5.91 Å². The van der Waals surface area contributed by atoms with Crippen molar-refractivity contribution in [2.45, 2.75) is 52.6 Å². The fourth-order valence-electron chi connectivity index (χ4n) is 3.01. The minimum Gasteiger partial charge on any atom is -0.483 e. The zero-order valence-corrected chi connectivity index (χ0v) is 19.9. The maximum Gasteiger partial charge on any atom is 0.261 e. The van der Waals surface area contributed by atoms with E-state index in [0.717, 1.165) is 34.9 Å². The van der Waals surface area contributed by atoms with Crippen LogP contribution >= 0.6 is 15.9 Å². The van der Waals surface area contributed by atoms with Crippen molar-refractivity contribution in [1.29, 1.82) is 0 Å². The van der Waals surface area contributed by atoms with E-state index >= 15 is 0 Å². The highest BCUT2D eigenvalue weighted by Gasteiger charge is 2.26. The molecule has 7 heteroatoms. The van der Waals surface area contributed by atoms with E-state index in [4.69, 9.17) is 4.74 Å². The van der Waals surface area contributed by atoms with Gasteiger partial charge in [0.05, 0.1) is 4.47 Å². The minimum absolute atomic E-state index is 0.181. The number of ether oxygens (including phenoxy) is 1. The highest BCUT2D eigenvalue weighted by atomic mass is 79.9. The number of carbonyl (C=O) groups is 2. The van der Waals surface area contributed by atoms with Gasteiger partial charge in [0.2, 0.25) is 5.91 Å². The van der Waals surface area contributed by atoms with Crippen LogP contribution in [0.5, 0.6) is 5.75 Å². The van der Waals surface area contributed by atoms with Crippen molar-refractivity contribution in [3.63, 3.8) is 0 Å². The Morgan fingerprint density at radius 1 is 1.13 bits per heavy atom. The number of halogens is 2. The van der Waals surface area contributed by atoms with Gasteiger partial charge in [0.15, 0.2) is 6.61 Å². The van der Waals surface area contributed by atoms with E-state index in [1.54, 1.807) is 19.1 Å². The van der Waals surface area contributed by atoms with Gasteiger partial charge in [-0.25, -0.2) is 4.39 Å². The van der Waals surface area contributed by atoms with Crippen LogP contribution in [-0.4, -0.2) is 35.9 Å². The molecular formula is C24H30BrFN2O3. The average Bonchev–Trinajstić information content (AvgIpc) is 2.77. The fourth-order valence-corrected chi connectivity index (χ4v) is 3.55. The minimum atomic E-state index is -0.691. The topological polar surface area (TPSA) is 58.6 Å². The maximum absolute atomic E-state index is 13.3. The van der Waals surface area contributed by atoms with Gasteiger partial charge in [-0.3, -0.25) is 9.59 Å². The van der Waals surface area contributed by atoms with Gasteiger partial charge in [0.1, 0.15) is 17.6 Å². The number of rotatable bonds is 11. The second-order valence-electron chi connectivity index (χ2n) is 7.38. The van der Waals surface area contributed by atoms with E-state index in [0.29, 0.717) is 12.3 Å². The van der Waals surface area contributed by atoms with E-state index in [-0.39, 0.29) is 30.8 Å². The summed E-state index contributed by atoms with van der Waals surface area (Å²) in [5.41, 5.74) is 1.89. The molecule has 0 radical (unpaired) electrons. The van der Waals surface area contributed by atoms with Crippen LogP contribution in [0.4, 0.5) is 4.39 Å². The van der Waals surface area contributed by atoms with Crippen molar-refractivity contribution in [1.82, 2.24) is 10.2 Å². The van der Waals surface area contributed by atoms with Gasteiger partial charge in [-0.1, -0.05) is 38.5 Å². The molecule has 0 aliphatic carbocycles. The number of hydrogen-bond donors (Lipinski definition) is 1. The average molecular weight is 493 g/mol. The zero-order chi connectivity index (χ0) is 22.8. The lowest BCUT2D eigenvalue weighted by Gasteiger charge is -2.29. The SMILES string of the molecule is CCCCNC(=O)C(C)N(Cc1ccc(F)cc1)C(=O)COc1ccc(CC)cc1Br. The third kappa shape index (κ3) is 7.65. The summed E-state index contributed by atoms with van der Waals surface area (Å²) in [6, 6.07) is 10.9. The van der Waals surface area contributed by atoms with Gasteiger partial charge in [-0.15, -0.1) is 0 Å². The number of nitrogens with zero attached hydrogens (tertiary/aromatic N) is 1. The van der Waals surface area contributed by atoms with Crippen molar-refractivity contribution in [2.75, 3.05) is 13.2 Å². The van der Waals surface area contributed by atoms with Crippen molar-refractivity contribution in [2.24, 2.45) is 0 Å². The summed E-state index contributed by atoms with van der Waals surface area (Å²) in [4.78, 5) is 27.1. The molecule has 2 rings (SSSR count). The monoisotopic (exact) mass is 492 g/mol. The largest absolute Gasteiger partial charge is 0.483 e. The summed E-state index contributed by atoms with van der Waals surface area (Å²) in [5, 5.41) is 2.87. The number of benzene rings is 2. The maximum atomic E-state index is 13.3. The van der Waals surface area contributed by atoms with E-state index in [1.807, 2.05) is 25.1 Å². The van der Waals surface area contributed by atoms with Gasteiger partial charge in [-0.05, 0) is 71.1 Å². The number of amides is 2. The summed E-state index contributed by atoms with van der Waals surface area (Å²) >= 11 is 3.47. The molecule has 0 heterocycles. The lowest BCUT2D eigenvalue weighted by Crippen LogP contribution is -2.49. The molecule has 2 aromatic carbocycles. The molecule has 0 fully saturated rings. The number of hydrogen-bond acceptors (Lipinski definition) is 3. The molecule has 0 aliphatic heterocycles. The Labute approximate surface area is 192 Å². The van der Waals surface area contributed by atoms with Crippen molar-refractivity contribution in [3.8, 4) is 5.75 Å². The van der Waals surface area contributed by atoms with Crippen LogP contribution in [0, 0.1) is 5.82 Å². The molecule has 0 spiro atoms. The molecular weight excluding hydrogens is 463 g/mol. The molecule has 31 heavy (non-hydrogen) atoms. The lowest BCUT2D eigenvalue weighted by molar-refractivity contribution is -0.142. The number of carbonyl (C=O) groups excluding carboxylic acids is 2. The number of unbranched alkanes of at least 4 members (excludes halogenated alkanes) is 1. The molecule has 168 valence electrons. The van der Waals surface area contributed by atoms with Crippen LogP contribution in [0.15, 0.2) is 46.9 Å². The highest BCUT2D eigenvalue weighted by molar-refractivity contribution is 9.10. The first-order valence-electron chi connectivity index (χ1n) is 10.6. The molecule has 1 unspecified atom stereocenters. The first kappa shape index (κ1) is 24.9. The number of nitrogens with one attached hydrogen (secondary N) is 1. The Balaban J connectivity index is 2.12. The quantitative estimate of drug-likeness (QED) is 0.455.